The fourth-order valence-corrected chi connectivity index (χ4v) is 2.73. The Bertz CT molecular complexity index is 427. The van der Waals surface area contributed by atoms with Crippen LogP contribution in [0.15, 0.2) is 18.2 Å². The normalized spacial score (nSPS) is 13.0. The average molecular weight is 351 g/mol. The lowest BCUT2D eigenvalue weighted by Crippen LogP contribution is -2.30. The van der Waals surface area contributed by atoms with Crippen molar-refractivity contribution in [2.75, 3.05) is 40.9 Å². The third-order valence-corrected chi connectivity index (χ3v) is 3.84. The van der Waals surface area contributed by atoms with Crippen LogP contribution in [0.2, 0.25) is 0 Å². The summed E-state index contributed by atoms with van der Waals surface area (Å²) in [7, 11) is 4.86. The van der Waals surface area contributed by atoms with Gasteiger partial charge in [0.1, 0.15) is 0 Å². The lowest BCUT2D eigenvalue weighted by atomic mass is 10.1. The highest BCUT2D eigenvalue weighted by Crippen LogP contribution is 2.28. The molecule has 0 spiro atoms. The second-order valence-corrected chi connectivity index (χ2v) is 5.20. The van der Waals surface area contributed by atoms with E-state index in [1.165, 1.54) is 57.9 Å². The van der Waals surface area contributed by atoms with Gasteiger partial charge in [0.15, 0.2) is 11.5 Å². The van der Waals surface area contributed by atoms with Crippen LogP contribution in [0.25, 0.3) is 0 Å². The summed E-state index contributed by atoms with van der Waals surface area (Å²) in [5.74, 6) is 1.64. The van der Waals surface area contributed by atoms with E-state index in [1.54, 1.807) is 14.2 Å². The quantitative estimate of drug-likeness (QED) is 0.789. The molecule has 2 rings (SSSR count). The van der Waals surface area contributed by atoms with Gasteiger partial charge in [-0.15, -0.1) is 12.8 Å². The molecule has 144 valence electrons. The molecule has 0 aromatic heterocycles. The minimum Gasteiger partial charge on any atom is -0.493 e. The van der Waals surface area contributed by atoms with Crippen molar-refractivity contribution in [3.8, 4) is 24.3 Å². The van der Waals surface area contributed by atoms with Gasteiger partial charge in [0.05, 0.1) is 14.2 Å². The van der Waals surface area contributed by atoms with Crippen LogP contribution < -0.4 is 15.2 Å². The van der Waals surface area contributed by atoms with Crippen molar-refractivity contribution < 1.29 is 9.47 Å². The van der Waals surface area contributed by atoms with Crippen LogP contribution in [0.3, 0.4) is 0 Å². The van der Waals surface area contributed by atoms with E-state index in [0.717, 1.165) is 17.9 Å². The fourth-order valence-electron chi connectivity index (χ4n) is 2.73. The molecule has 0 bridgehead atoms. The Hall–Kier alpha value is -1.70. The standard InChI is InChI=1S/C16H25NO2.C2H6.C2H2.CH5N/c1-18-15-9-8-14(13-16(15)19-2)7-6-12-17-10-4-3-5-11-17;3*1-2/h8-9,13H,3-7,10-12H2,1-2H3;1-2H3;1-2H;2H2,1H3. The van der Waals surface area contributed by atoms with Crippen LogP contribution in [0.4, 0.5) is 0 Å². The van der Waals surface area contributed by atoms with Crippen LogP contribution >= 0.6 is 0 Å². The molecule has 0 amide bonds. The summed E-state index contributed by atoms with van der Waals surface area (Å²) < 4.78 is 10.6. The molecule has 1 fully saturated rings. The van der Waals surface area contributed by atoms with E-state index in [2.05, 4.69) is 35.6 Å². The summed E-state index contributed by atoms with van der Waals surface area (Å²) >= 11 is 0. The summed E-state index contributed by atoms with van der Waals surface area (Å²) in [5, 5.41) is 0. The smallest absolute Gasteiger partial charge is 0.160 e. The molecule has 1 aliphatic rings. The van der Waals surface area contributed by atoms with Gasteiger partial charge in [-0.05, 0) is 70.1 Å². The van der Waals surface area contributed by atoms with Crippen molar-refractivity contribution in [3.63, 3.8) is 0 Å². The monoisotopic (exact) mass is 350 g/mol. The molecule has 2 N–H and O–H groups in total. The molecule has 1 aromatic carbocycles. The molecule has 1 aromatic rings. The molecule has 4 nitrogen and oxygen atoms in total. The summed E-state index contributed by atoms with van der Waals surface area (Å²) in [6.07, 6.45) is 14.5. The van der Waals surface area contributed by atoms with Crippen LogP contribution in [0, 0.1) is 12.8 Å². The van der Waals surface area contributed by atoms with E-state index >= 15 is 0 Å². The average Bonchev–Trinajstić information content (AvgIpc) is 2.73. The first-order valence-corrected chi connectivity index (χ1v) is 9.18. The number of hydrogen-bond donors (Lipinski definition) is 1. The predicted molar refractivity (Wildman–Crippen MR) is 110 cm³/mol. The van der Waals surface area contributed by atoms with Gasteiger partial charge in [-0.1, -0.05) is 26.3 Å². The van der Waals surface area contributed by atoms with Gasteiger partial charge in [-0.3, -0.25) is 0 Å². The molecule has 1 aliphatic heterocycles. The van der Waals surface area contributed by atoms with Crippen LogP contribution in [0.5, 0.6) is 11.5 Å². The minimum atomic E-state index is 0.808. The Labute approximate surface area is 155 Å². The topological polar surface area (TPSA) is 47.7 Å². The van der Waals surface area contributed by atoms with Gasteiger partial charge in [0.25, 0.3) is 0 Å². The van der Waals surface area contributed by atoms with Crippen LogP contribution in [-0.2, 0) is 6.42 Å². The van der Waals surface area contributed by atoms with Crippen molar-refractivity contribution in [1.82, 2.24) is 4.90 Å². The van der Waals surface area contributed by atoms with Crippen LogP contribution in [0.1, 0.15) is 45.1 Å². The van der Waals surface area contributed by atoms with E-state index in [0.29, 0.717) is 0 Å². The highest BCUT2D eigenvalue weighted by atomic mass is 16.5. The lowest BCUT2D eigenvalue weighted by Gasteiger charge is -2.26. The molecular weight excluding hydrogens is 312 g/mol. The number of nitrogens with two attached hydrogens (primary N) is 1. The molecule has 0 radical (unpaired) electrons. The van der Waals surface area contributed by atoms with Crippen molar-refractivity contribution >= 4 is 0 Å². The number of likely N-dealkylation sites (tertiary alicyclic amines) is 1. The highest BCUT2D eigenvalue weighted by molar-refractivity contribution is 5.42. The second kappa shape index (κ2) is 18.6. The predicted octanol–water partition coefficient (Wildman–Crippen LogP) is 3.97. The largest absolute Gasteiger partial charge is 0.493 e. The Balaban J connectivity index is 0. The number of terminal acetylenes is 1. The summed E-state index contributed by atoms with van der Waals surface area (Å²) in [4.78, 5) is 2.59. The minimum absolute atomic E-state index is 0.808. The molecule has 0 saturated carbocycles. The van der Waals surface area contributed by atoms with E-state index in [4.69, 9.17) is 9.47 Å². The van der Waals surface area contributed by atoms with Crippen molar-refractivity contribution in [3.05, 3.63) is 23.8 Å². The Kier molecular flexibility index (Phi) is 19.0. The molecule has 0 unspecified atom stereocenters. The Morgan fingerprint density at radius 1 is 0.960 bits per heavy atom. The Morgan fingerprint density at radius 2 is 1.52 bits per heavy atom. The number of benzene rings is 1. The number of hydrogen-bond acceptors (Lipinski definition) is 4. The number of aryl methyl sites for hydroxylation is 1. The lowest BCUT2D eigenvalue weighted by molar-refractivity contribution is 0.226. The number of methoxy groups -OCH3 is 2. The maximum absolute atomic E-state index is 5.34. The number of ether oxygens (including phenoxy) is 2. The highest BCUT2D eigenvalue weighted by Gasteiger charge is 2.09. The second-order valence-electron chi connectivity index (χ2n) is 5.20. The number of piperidine rings is 1. The van der Waals surface area contributed by atoms with E-state index in [-0.39, 0.29) is 0 Å². The van der Waals surface area contributed by atoms with E-state index < -0.39 is 0 Å². The van der Waals surface area contributed by atoms with Gasteiger partial charge in [0, 0.05) is 0 Å². The Morgan fingerprint density at radius 3 is 2.04 bits per heavy atom. The molecule has 0 atom stereocenters. The maximum Gasteiger partial charge on any atom is 0.160 e. The zero-order valence-corrected chi connectivity index (χ0v) is 16.9. The van der Waals surface area contributed by atoms with Crippen molar-refractivity contribution in [1.29, 1.82) is 0 Å². The van der Waals surface area contributed by atoms with Crippen molar-refractivity contribution in [2.24, 2.45) is 5.73 Å². The third kappa shape index (κ3) is 10.7. The maximum atomic E-state index is 5.34. The van der Waals surface area contributed by atoms with Gasteiger partial charge in [-0.25, -0.2) is 0 Å². The molecular formula is C21H38N2O2. The third-order valence-electron chi connectivity index (χ3n) is 3.84. The van der Waals surface area contributed by atoms with E-state index in [9.17, 15) is 0 Å². The summed E-state index contributed by atoms with van der Waals surface area (Å²) in [6, 6.07) is 6.22. The fraction of sp³-hybridized carbons (Fsp3) is 0.619. The van der Waals surface area contributed by atoms with E-state index in [1.807, 2.05) is 19.9 Å². The molecule has 0 aliphatic carbocycles. The summed E-state index contributed by atoms with van der Waals surface area (Å²) in [6.45, 7) is 7.78. The first-order valence-electron chi connectivity index (χ1n) is 9.18. The first kappa shape index (κ1) is 25.5. The SMILES string of the molecule is C#C.CC.CN.COc1ccc(CCCN2CCCCC2)cc1OC. The zero-order chi connectivity index (χ0) is 19.5. The van der Waals surface area contributed by atoms with Gasteiger partial charge in [0.2, 0.25) is 0 Å². The van der Waals surface area contributed by atoms with Crippen LogP contribution in [-0.4, -0.2) is 45.8 Å². The molecule has 1 saturated heterocycles. The zero-order valence-electron chi connectivity index (χ0n) is 16.9. The number of nitrogens with zero attached hydrogens (tertiary/aromatic N) is 1. The molecule has 1 heterocycles. The van der Waals surface area contributed by atoms with Gasteiger partial charge < -0.3 is 20.1 Å². The molecule has 4 heteroatoms. The number of rotatable bonds is 6. The first-order chi connectivity index (χ1) is 12.3. The molecule has 25 heavy (non-hydrogen) atoms. The van der Waals surface area contributed by atoms with Gasteiger partial charge in [-0.2, -0.15) is 0 Å². The van der Waals surface area contributed by atoms with Gasteiger partial charge >= 0.3 is 0 Å². The van der Waals surface area contributed by atoms with Crippen molar-refractivity contribution in [2.45, 2.75) is 46.0 Å². The summed E-state index contributed by atoms with van der Waals surface area (Å²) in [5.41, 5.74) is 5.83.